The molecule has 0 saturated heterocycles. The number of esters is 5. The smallest absolute Gasteiger partial charge is 0.308 e. The molecule has 0 heterocycles. The fraction of sp³-hybridized carbons (Fsp3) is 0.877. The predicted molar refractivity (Wildman–Crippen MR) is 326 cm³/mol. The van der Waals surface area contributed by atoms with Gasteiger partial charge < -0.3 is 52.8 Å². The van der Waals surface area contributed by atoms with Crippen molar-refractivity contribution < 1.29 is 76.2 Å². The first-order valence-electron chi connectivity index (χ1n) is 22.7. The first-order valence-corrected chi connectivity index (χ1v) is 22.7. The average Bonchev–Trinajstić information content (AvgIpc) is 3.32. The van der Waals surface area contributed by atoms with Crippen molar-refractivity contribution in [3.8, 4) is 0 Å². The molecule has 0 radical (unpaired) electrons. The first kappa shape index (κ1) is 129. The first-order chi connectivity index (χ1) is 30.8. The fourth-order valence-corrected chi connectivity index (χ4v) is 2.92. The molecular weight excluding hydrogens is 969 g/mol. The highest BCUT2D eigenvalue weighted by molar-refractivity contribution is 5.75. The van der Waals surface area contributed by atoms with Crippen molar-refractivity contribution >= 4 is 41.7 Å². The van der Waals surface area contributed by atoms with Gasteiger partial charge in [-0.2, -0.15) is 0 Å². The molecule has 0 aliphatic heterocycles. The fourth-order valence-electron chi connectivity index (χ4n) is 2.92. The van der Waals surface area contributed by atoms with Gasteiger partial charge >= 0.3 is 29.8 Å². The molecule has 474 valence electrons. The lowest BCUT2D eigenvalue weighted by Crippen LogP contribution is -2.26. The molecule has 0 aromatic carbocycles. The third kappa shape index (κ3) is 167. The Bertz CT molecular complexity index is 970. The Labute approximate surface area is 470 Å². The van der Waals surface area contributed by atoms with E-state index in [1.165, 1.54) is 34.2 Å². The van der Waals surface area contributed by atoms with Crippen molar-refractivity contribution in [2.45, 2.75) is 227 Å². The van der Waals surface area contributed by atoms with Crippen LogP contribution in [-0.4, -0.2) is 157 Å². The molecule has 0 saturated carbocycles. The summed E-state index contributed by atoms with van der Waals surface area (Å²) in [6, 6.07) is 0. The normalized spacial score (nSPS) is 7.59. The topological polar surface area (TPSA) is 218 Å². The van der Waals surface area contributed by atoms with E-state index in [2.05, 4.69) is 49.8 Å². The molecule has 0 rings (SSSR count). The van der Waals surface area contributed by atoms with E-state index < -0.39 is 0 Å². The van der Waals surface area contributed by atoms with Crippen LogP contribution in [0.5, 0.6) is 0 Å². The van der Waals surface area contributed by atoms with Gasteiger partial charge in [-0.3, -0.25) is 33.6 Å². The van der Waals surface area contributed by atoms with E-state index in [1.54, 1.807) is 75.0 Å². The SMILES string of the molecule is C.C.C.C.C.C.C.C.C.C.CCC(=O)NC.CCC(=O)OC.CCC(=O)OCCCOC.CCC(=O)OCCOC.CCCC(=O)OC.CCCCOC.CCCN(C)C(=O)CC.CCCOC.COC(=O)C(C)C. The van der Waals surface area contributed by atoms with Crippen molar-refractivity contribution in [1.82, 2.24) is 10.2 Å². The number of ether oxygens (including phenoxy) is 9. The van der Waals surface area contributed by atoms with Crippen LogP contribution in [0, 0.1) is 5.92 Å². The van der Waals surface area contributed by atoms with Gasteiger partial charge in [0.1, 0.15) is 6.61 Å². The van der Waals surface area contributed by atoms with Gasteiger partial charge in [-0.05, 0) is 25.7 Å². The number of amides is 2. The number of nitrogens with zero attached hydrogens (tertiary/aromatic N) is 1. The van der Waals surface area contributed by atoms with Crippen molar-refractivity contribution in [2.24, 2.45) is 5.92 Å². The minimum absolute atomic E-state index is 0. The zero-order valence-corrected chi connectivity index (χ0v) is 45.0. The molecular formula is C57H140N2O16. The highest BCUT2D eigenvalue weighted by Gasteiger charge is 2.03. The number of nitrogens with one attached hydrogen (secondary N) is 1. The Morgan fingerprint density at radius 2 is 0.800 bits per heavy atom. The largest absolute Gasteiger partial charge is 0.469 e. The van der Waals surface area contributed by atoms with Gasteiger partial charge in [0.2, 0.25) is 11.8 Å². The average molecular weight is 1110 g/mol. The molecule has 75 heavy (non-hydrogen) atoms. The van der Waals surface area contributed by atoms with E-state index in [9.17, 15) is 33.6 Å². The second kappa shape index (κ2) is 123. The van der Waals surface area contributed by atoms with Crippen molar-refractivity contribution in [3.63, 3.8) is 0 Å². The van der Waals surface area contributed by atoms with Gasteiger partial charge in [-0.15, -0.1) is 0 Å². The lowest BCUT2D eigenvalue weighted by Gasteiger charge is -2.13. The summed E-state index contributed by atoms with van der Waals surface area (Å²) in [5, 5.41) is 2.48. The number of hydrogen-bond acceptors (Lipinski definition) is 16. The molecule has 0 fully saturated rings. The third-order valence-corrected chi connectivity index (χ3v) is 6.75. The molecule has 1 N–H and O–H groups in total. The van der Waals surface area contributed by atoms with E-state index in [-0.39, 0.29) is 122 Å². The van der Waals surface area contributed by atoms with Gasteiger partial charge in [0.15, 0.2) is 0 Å². The Balaban J connectivity index is -0.0000000274. The predicted octanol–water partition coefficient (Wildman–Crippen LogP) is 14.2. The quantitative estimate of drug-likeness (QED) is 0.0605. The van der Waals surface area contributed by atoms with E-state index in [4.69, 9.17) is 18.9 Å². The monoisotopic (exact) mass is 1110 g/mol. The van der Waals surface area contributed by atoms with Crippen LogP contribution in [0.15, 0.2) is 0 Å². The van der Waals surface area contributed by atoms with Crippen LogP contribution in [0.25, 0.3) is 0 Å². The molecule has 0 aliphatic carbocycles. The maximum Gasteiger partial charge on any atom is 0.308 e. The molecule has 0 aromatic rings. The Hall–Kier alpha value is -3.87. The molecule has 0 atom stereocenters. The standard InChI is InChI=1S/C7H15NO.C7H14O3.C6H12O3.2C5H10O2.C5H12O.C4H9NO.C4H8O2.C4H10O.10CH4/c1-4-6-8(3)7(9)5-2;1-3-7(8)10-6-4-5-9-2;1-3-6(7)9-5-4-8-2;1-4(2)5(6)7-3;1-3-4-5(6)7-2;1-3-4-5-6-2;1-3-4(6)5-2;1-3-4(5)6-2;1-3-4-5-2;;;;;;;;;;/h4-6H2,1-3H3;3-6H2,1-2H3;3-5H2,1-2H3;4H,1-3H3;3-4H2,1-2H3;3-5H2,1-2H3;3H2,1-2H3,(H,5,6);3H2,1-2H3;3-4H2,1-2H3;10*1H4. The lowest BCUT2D eigenvalue weighted by atomic mass is 10.2. The highest BCUT2D eigenvalue weighted by Crippen LogP contribution is 1.92. The second-order valence-corrected chi connectivity index (χ2v) is 13.0. The lowest BCUT2D eigenvalue weighted by molar-refractivity contribution is -0.145. The highest BCUT2D eigenvalue weighted by atomic mass is 16.6. The van der Waals surface area contributed by atoms with Crippen LogP contribution in [0.4, 0.5) is 0 Å². The molecule has 0 aromatic heterocycles. The van der Waals surface area contributed by atoms with Crippen molar-refractivity contribution in [1.29, 1.82) is 0 Å². The number of hydrogen-bond donors (Lipinski definition) is 1. The summed E-state index contributed by atoms with van der Waals surface area (Å²) in [5.74, 6) is -0.419. The van der Waals surface area contributed by atoms with Gasteiger partial charge in [0, 0.05) is 114 Å². The maximum absolute atomic E-state index is 10.8. The third-order valence-electron chi connectivity index (χ3n) is 6.75. The van der Waals surface area contributed by atoms with Crippen LogP contribution in [0.1, 0.15) is 227 Å². The number of rotatable bonds is 22. The van der Waals surface area contributed by atoms with E-state index >= 15 is 0 Å². The van der Waals surface area contributed by atoms with Crippen LogP contribution >= 0.6 is 0 Å². The van der Waals surface area contributed by atoms with Gasteiger partial charge in [-0.1, -0.05) is 157 Å². The molecule has 18 nitrogen and oxygen atoms in total. The molecule has 0 aliphatic rings. The molecule has 0 unspecified atom stereocenters. The molecule has 0 bridgehead atoms. The van der Waals surface area contributed by atoms with Crippen LogP contribution in [0.3, 0.4) is 0 Å². The zero-order chi connectivity index (χ0) is 52.7. The molecule has 0 spiro atoms. The van der Waals surface area contributed by atoms with E-state index in [0.29, 0.717) is 65.0 Å². The molecule has 2 amide bonds. The summed E-state index contributed by atoms with van der Waals surface area (Å²) in [4.78, 5) is 74.0. The van der Waals surface area contributed by atoms with E-state index in [0.717, 1.165) is 45.4 Å². The minimum Gasteiger partial charge on any atom is -0.469 e. The van der Waals surface area contributed by atoms with Gasteiger partial charge in [-0.25, -0.2) is 0 Å². The van der Waals surface area contributed by atoms with E-state index in [1.807, 2.05) is 27.8 Å². The maximum atomic E-state index is 10.8. The number of unbranched alkanes of at least 4 members (excludes halogenated alkanes) is 1. The minimum atomic E-state index is -0.174. The summed E-state index contributed by atoms with van der Waals surface area (Å²) in [7, 11) is 14.3. The van der Waals surface area contributed by atoms with Crippen molar-refractivity contribution in [2.75, 3.05) is 110 Å². The number of methoxy groups -OCH3 is 7. The van der Waals surface area contributed by atoms with Crippen LogP contribution in [-0.2, 0) is 76.2 Å². The van der Waals surface area contributed by atoms with Crippen LogP contribution in [0.2, 0.25) is 0 Å². The second-order valence-electron chi connectivity index (χ2n) is 13.0. The van der Waals surface area contributed by atoms with Gasteiger partial charge in [0.25, 0.3) is 0 Å². The zero-order valence-electron chi connectivity index (χ0n) is 45.0. The summed E-state index contributed by atoms with van der Waals surface area (Å²) < 4.78 is 41.3. The summed E-state index contributed by atoms with van der Waals surface area (Å²) in [6.45, 7) is 25.5. The van der Waals surface area contributed by atoms with Crippen LogP contribution < -0.4 is 5.32 Å². The Morgan fingerprint density at radius 1 is 0.413 bits per heavy atom. The van der Waals surface area contributed by atoms with Gasteiger partial charge in [0.05, 0.1) is 40.5 Å². The summed E-state index contributed by atoms with van der Waals surface area (Å²) >= 11 is 0. The number of carbonyl (C=O) groups excluding carboxylic acids is 7. The summed E-state index contributed by atoms with van der Waals surface area (Å²) in [5.41, 5.74) is 0. The Morgan fingerprint density at radius 3 is 0.973 bits per heavy atom. The molecule has 18 heteroatoms. The summed E-state index contributed by atoms with van der Waals surface area (Å²) in [6.07, 6.45) is 9.33. The van der Waals surface area contributed by atoms with Crippen molar-refractivity contribution in [3.05, 3.63) is 0 Å². The Kier molecular flexibility index (Phi) is 212. The number of carbonyl (C=O) groups is 7.